The number of carbonyl (C=O) groups excluding carboxylic acids is 1. The van der Waals surface area contributed by atoms with Crippen LogP contribution < -0.4 is 14.8 Å². The van der Waals surface area contributed by atoms with E-state index in [9.17, 15) is 4.79 Å². The average Bonchev–Trinajstić information content (AvgIpc) is 2.67. The number of thioether (sulfide) groups is 1. The summed E-state index contributed by atoms with van der Waals surface area (Å²) in [6.45, 7) is 2.05. The third-order valence-corrected chi connectivity index (χ3v) is 5.23. The molecule has 0 fully saturated rings. The van der Waals surface area contributed by atoms with Gasteiger partial charge in [0.15, 0.2) is 11.5 Å². The van der Waals surface area contributed by atoms with Gasteiger partial charge in [-0.3, -0.25) is 4.79 Å². The molecular weight excluding hydrogens is 370 g/mol. The molecule has 2 rings (SSSR count). The maximum Gasteiger partial charge on any atom is 0.221 e. The summed E-state index contributed by atoms with van der Waals surface area (Å²) in [6.07, 6.45) is 1.25. The molecule has 2 aromatic rings. The molecule has 0 aliphatic carbocycles. The van der Waals surface area contributed by atoms with Crippen LogP contribution in [0.15, 0.2) is 47.4 Å². The Balaban J connectivity index is 1.90. The minimum absolute atomic E-state index is 0.0353. The van der Waals surface area contributed by atoms with Crippen molar-refractivity contribution in [2.24, 2.45) is 0 Å². The van der Waals surface area contributed by atoms with Gasteiger partial charge in [-0.2, -0.15) is 0 Å². The number of methoxy groups -OCH3 is 2. The molecule has 1 N–H and O–H groups in total. The summed E-state index contributed by atoms with van der Waals surface area (Å²) in [7, 11) is 3.21. The molecule has 1 unspecified atom stereocenters. The minimum Gasteiger partial charge on any atom is -0.493 e. The number of carbonyl (C=O) groups is 1. The number of benzene rings is 2. The Labute approximate surface area is 164 Å². The van der Waals surface area contributed by atoms with Crippen molar-refractivity contribution in [3.63, 3.8) is 0 Å². The van der Waals surface area contributed by atoms with Gasteiger partial charge >= 0.3 is 0 Å². The monoisotopic (exact) mass is 393 g/mol. The quantitative estimate of drug-likeness (QED) is 0.601. The number of amides is 1. The predicted molar refractivity (Wildman–Crippen MR) is 108 cm³/mol. The second-order valence-corrected chi connectivity index (χ2v) is 7.30. The van der Waals surface area contributed by atoms with E-state index in [-0.39, 0.29) is 11.9 Å². The highest BCUT2D eigenvalue weighted by Gasteiger charge is 2.15. The maximum absolute atomic E-state index is 12.3. The molecule has 1 amide bonds. The maximum atomic E-state index is 12.3. The van der Waals surface area contributed by atoms with Gasteiger partial charge in [-0.25, -0.2) is 0 Å². The molecule has 0 radical (unpaired) electrons. The van der Waals surface area contributed by atoms with Crippen LogP contribution in [0.4, 0.5) is 0 Å². The molecule has 0 bridgehead atoms. The van der Waals surface area contributed by atoms with Crippen molar-refractivity contribution in [2.75, 3.05) is 20.0 Å². The van der Waals surface area contributed by atoms with Gasteiger partial charge in [0.1, 0.15) is 0 Å². The molecule has 0 aliphatic rings. The van der Waals surface area contributed by atoms with Crippen molar-refractivity contribution in [2.45, 2.75) is 30.7 Å². The Bertz CT molecular complexity index is 721. The second-order valence-electron chi connectivity index (χ2n) is 5.70. The fourth-order valence-corrected chi connectivity index (χ4v) is 3.53. The zero-order valence-corrected chi connectivity index (χ0v) is 16.8. The number of nitrogens with one attached hydrogen (secondary N) is 1. The van der Waals surface area contributed by atoms with E-state index >= 15 is 0 Å². The summed E-state index contributed by atoms with van der Waals surface area (Å²) in [5, 5.41) is 3.81. The lowest BCUT2D eigenvalue weighted by Crippen LogP contribution is -2.28. The van der Waals surface area contributed by atoms with Crippen molar-refractivity contribution >= 4 is 29.3 Å². The lowest BCUT2D eigenvalue weighted by molar-refractivity contribution is -0.121. The van der Waals surface area contributed by atoms with Crippen LogP contribution in [0.3, 0.4) is 0 Å². The molecule has 0 spiro atoms. The lowest BCUT2D eigenvalue weighted by Gasteiger charge is -2.19. The van der Waals surface area contributed by atoms with Crippen LogP contribution in [0.1, 0.15) is 31.4 Å². The van der Waals surface area contributed by atoms with E-state index < -0.39 is 0 Å². The van der Waals surface area contributed by atoms with E-state index in [0.717, 1.165) is 22.6 Å². The molecule has 0 aliphatic heterocycles. The smallest absolute Gasteiger partial charge is 0.221 e. The standard InChI is InChI=1S/C20H24ClNO3S/c1-4-17(14-5-10-18(24-2)19(13-14)25-3)22-20(23)11-12-26-16-8-6-15(21)7-9-16/h5-10,13,17H,4,11-12H2,1-3H3,(H,22,23). The van der Waals surface area contributed by atoms with Crippen molar-refractivity contribution in [3.8, 4) is 11.5 Å². The molecule has 0 saturated heterocycles. The predicted octanol–water partition coefficient (Wildman–Crippen LogP) is 5.11. The Kier molecular flexibility index (Phi) is 8.13. The van der Waals surface area contributed by atoms with Crippen LogP contribution >= 0.6 is 23.4 Å². The van der Waals surface area contributed by atoms with Gasteiger partial charge in [0.2, 0.25) is 5.91 Å². The number of rotatable bonds is 9. The lowest BCUT2D eigenvalue weighted by atomic mass is 10.0. The Morgan fingerprint density at radius 2 is 1.81 bits per heavy atom. The third kappa shape index (κ3) is 5.85. The molecular formula is C20H24ClNO3S. The zero-order chi connectivity index (χ0) is 18.9. The van der Waals surface area contributed by atoms with Gasteiger partial charge < -0.3 is 14.8 Å². The van der Waals surface area contributed by atoms with Crippen LogP contribution in [0.5, 0.6) is 11.5 Å². The highest BCUT2D eigenvalue weighted by molar-refractivity contribution is 7.99. The molecule has 0 aromatic heterocycles. The highest BCUT2D eigenvalue weighted by atomic mass is 35.5. The number of halogens is 1. The summed E-state index contributed by atoms with van der Waals surface area (Å²) in [5.74, 6) is 2.09. The van der Waals surface area contributed by atoms with Crippen LogP contribution in [0, 0.1) is 0 Å². The van der Waals surface area contributed by atoms with Crippen molar-refractivity contribution in [1.29, 1.82) is 0 Å². The summed E-state index contributed by atoms with van der Waals surface area (Å²) < 4.78 is 10.6. The van der Waals surface area contributed by atoms with Crippen LogP contribution in [-0.2, 0) is 4.79 Å². The molecule has 140 valence electrons. The first kappa shape index (κ1) is 20.5. The summed E-state index contributed by atoms with van der Waals surface area (Å²) >= 11 is 7.52. The number of hydrogen-bond donors (Lipinski definition) is 1. The normalized spacial score (nSPS) is 11.7. The molecule has 2 aromatic carbocycles. The Morgan fingerprint density at radius 3 is 2.42 bits per heavy atom. The van der Waals surface area contributed by atoms with Crippen LogP contribution in [0.25, 0.3) is 0 Å². The van der Waals surface area contributed by atoms with Crippen molar-refractivity contribution < 1.29 is 14.3 Å². The fourth-order valence-electron chi connectivity index (χ4n) is 2.55. The van der Waals surface area contributed by atoms with Crippen LogP contribution in [-0.4, -0.2) is 25.9 Å². The summed E-state index contributed by atoms with van der Waals surface area (Å²) in [5.41, 5.74) is 1.00. The number of ether oxygens (including phenoxy) is 2. The highest BCUT2D eigenvalue weighted by Crippen LogP contribution is 2.31. The van der Waals surface area contributed by atoms with E-state index in [1.807, 2.05) is 49.4 Å². The van der Waals surface area contributed by atoms with Gasteiger partial charge in [-0.15, -0.1) is 11.8 Å². The molecule has 0 heterocycles. The van der Waals surface area contributed by atoms with Gasteiger partial charge in [-0.05, 0) is 48.4 Å². The Hall–Kier alpha value is -1.85. The number of hydrogen-bond acceptors (Lipinski definition) is 4. The first-order valence-corrected chi connectivity index (χ1v) is 9.83. The van der Waals surface area contributed by atoms with Gasteiger partial charge in [0, 0.05) is 22.1 Å². The summed E-state index contributed by atoms with van der Waals surface area (Å²) in [6, 6.07) is 13.3. The van der Waals surface area contributed by atoms with Gasteiger partial charge in [0.05, 0.1) is 20.3 Å². The SMILES string of the molecule is CCC(NC(=O)CCSc1ccc(Cl)cc1)c1ccc(OC)c(OC)c1. The molecule has 1 atom stereocenters. The molecule has 0 saturated carbocycles. The summed E-state index contributed by atoms with van der Waals surface area (Å²) in [4.78, 5) is 13.4. The van der Waals surface area contributed by atoms with Crippen LogP contribution in [0.2, 0.25) is 5.02 Å². The molecule has 4 nitrogen and oxygen atoms in total. The minimum atomic E-state index is -0.0529. The zero-order valence-electron chi connectivity index (χ0n) is 15.3. The van der Waals surface area contributed by atoms with E-state index in [1.165, 1.54) is 0 Å². The van der Waals surface area contributed by atoms with E-state index in [0.29, 0.717) is 22.9 Å². The molecule has 6 heteroatoms. The van der Waals surface area contributed by atoms with E-state index in [2.05, 4.69) is 5.32 Å². The van der Waals surface area contributed by atoms with Crippen molar-refractivity contribution in [1.82, 2.24) is 5.32 Å². The van der Waals surface area contributed by atoms with E-state index in [1.54, 1.807) is 26.0 Å². The molecule has 26 heavy (non-hydrogen) atoms. The van der Waals surface area contributed by atoms with Gasteiger partial charge in [0.25, 0.3) is 0 Å². The first-order chi connectivity index (χ1) is 12.6. The Morgan fingerprint density at radius 1 is 1.12 bits per heavy atom. The first-order valence-electron chi connectivity index (χ1n) is 8.47. The van der Waals surface area contributed by atoms with Gasteiger partial charge in [-0.1, -0.05) is 24.6 Å². The second kappa shape index (κ2) is 10.3. The van der Waals surface area contributed by atoms with E-state index in [4.69, 9.17) is 21.1 Å². The fraction of sp³-hybridized carbons (Fsp3) is 0.350. The third-order valence-electron chi connectivity index (χ3n) is 3.96. The topological polar surface area (TPSA) is 47.6 Å². The van der Waals surface area contributed by atoms with Crippen molar-refractivity contribution in [3.05, 3.63) is 53.1 Å². The largest absolute Gasteiger partial charge is 0.493 e. The average molecular weight is 394 g/mol.